The highest BCUT2D eigenvalue weighted by molar-refractivity contribution is 7.15. The number of nitrogens with zero attached hydrogens (tertiary/aromatic N) is 3. The summed E-state index contributed by atoms with van der Waals surface area (Å²) in [6.07, 6.45) is 2.42. The van der Waals surface area contributed by atoms with Crippen molar-refractivity contribution in [1.82, 2.24) is 14.7 Å². The van der Waals surface area contributed by atoms with Crippen LogP contribution in [0.3, 0.4) is 0 Å². The minimum Gasteiger partial charge on any atom is -0.334 e. The Labute approximate surface area is 111 Å². The number of amides is 2. The van der Waals surface area contributed by atoms with E-state index >= 15 is 0 Å². The summed E-state index contributed by atoms with van der Waals surface area (Å²) < 4.78 is 1.65. The van der Waals surface area contributed by atoms with Gasteiger partial charge in [0.05, 0.1) is 6.54 Å². The molecule has 3 heterocycles. The van der Waals surface area contributed by atoms with Gasteiger partial charge in [0.1, 0.15) is 11.7 Å². The van der Waals surface area contributed by atoms with Crippen molar-refractivity contribution in [3.05, 3.63) is 17.3 Å². The molecular formula is C11H10N4O3S. The fourth-order valence-electron chi connectivity index (χ4n) is 2.09. The molecule has 1 unspecified atom stereocenters. The summed E-state index contributed by atoms with van der Waals surface area (Å²) in [7, 11) is 0. The predicted molar refractivity (Wildman–Crippen MR) is 68.4 cm³/mol. The molecule has 1 aliphatic rings. The number of hydrogen-bond acceptors (Lipinski definition) is 6. The number of fused-ring (bicyclic) bond motifs is 1. The van der Waals surface area contributed by atoms with Crippen LogP contribution in [0.25, 0.3) is 4.96 Å². The lowest BCUT2D eigenvalue weighted by molar-refractivity contribution is -0.132. The fraction of sp³-hybridized carbons (Fsp3) is 0.273. The van der Waals surface area contributed by atoms with E-state index in [0.29, 0.717) is 22.8 Å². The molecule has 0 saturated carbocycles. The van der Waals surface area contributed by atoms with Crippen molar-refractivity contribution in [2.24, 2.45) is 0 Å². The average molecular weight is 278 g/mol. The maximum Gasteiger partial charge on any atom is 0.249 e. The maximum atomic E-state index is 11.6. The molecule has 1 saturated heterocycles. The first-order valence-electron chi connectivity index (χ1n) is 5.63. The Kier molecular flexibility index (Phi) is 2.59. The summed E-state index contributed by atoms with van der Waals surface area (Å²) in [5, 5.41) is 4.07. The monoisotopic (exact) mass is 278 g/mol. The maximum absolute atomic E-state index is 11.6. The van der Waals surface area contributed by atoms with Gasteiger partial charge in [-0.3, -0.25) is 24.1 Å². The van der Waals surface area contributed by atoms with Gasteiger partial charge in [-0.25, -0.2) is 4.98 Å². The molecule has 19 heavy (non-hydrogen) atoms. The van der Waals surface area contributed by atoms with Gasteiger partial charge in [0.15, 0.2) is 17.1 Å². The van der Waals surface area contributed by atoms with Crippen LogP contribution in [0.15, 0.2) is 11.6 Å². The molecule has 98 valence electrons. The molecule has 1 fully saturated rings. The van der Waals surface area contributed by atoms with Gasteiger partial charge in [0, 0.05) is 11.6 Å². The van der Waals surface area contributed by atoms with Crippen LogP contribution in [0.2, 0.25) is 0 Å². The second-order valence-electron chi connectivity index (χ2n) is 4.21. The number of piperazine rings is 1. The normalized spacial score (nSPS) is 19.8. The summed E-state index contributed by atoms with van der Waals surface area (Å²) >= 11 is 1.39. The molecular weight excluding hydrogens is 268 g/mol. The fourth-order valence-corrected chi connectivity index (χ4v) is 2.80. The van der Waals surface area contributed by atoms with Gasteiger partial charge < -0.3 is 4.90 Å². The van der Waals surface area contributed by atoms with E-state index in [0.717, 1.165) is 0 Å². The number of rotatable bonds is 2. The van der Waals surface area contributed by atoms with Gasteiger partial charge in [-0.05, 0) is 6.92 Å². The third-order valence-corrected chi connectivity index (χ3v) is 3.84. The number of imidazole rings is 1. The Balaban J connectivity index is 2.12. The summed E-state index contributed by atoms with van der Waals surface area (Å²) in [6, 6.07) is -0.541. The van der Waals surface area contributed by atoms with E-state index in [4.69, 9.17) is 0 Å². The summed E-state index contributed by atoms with van der Waals surface area (Å²) in [5.41, 5.74) is 0.352. The van der Waals surface area contributed by atoms with Crippen molar-refractivity contribution in [3.8, 4) is 0 Å². The van der Waals surface area contributed by atoms with E-state index in [9.17, 15) is 14.4 Å². The van der Waals surface area contributed by atoms with Crippen LogP contribution in [0.1, 0.15) is 17.4 Å². The van der Waals surface area contributed by atoms with E-state index in [1.165, 1.54) is 11.3 Å². The van der Waals surface area contributed by atoms with Crippen LogP contribution >= 0.6 is 11.3 Å². The second kappa shape index (κ2) is 4.16. The van der Waals surface area contributed by atoms with Gasteiger partial charge in [0.25, 0.3) is 0 Å². The minimum absolute atomic E-state index is 0.0125. The lowest BCUT2D eigenvalue weighted by atomic mass is 10.2. The van der Waals surface area contributed by atoms with E-state index in [1.54, 1.807) is 22.4 Å². The van der Waals surface area contributed by atoms with Crippen LogP contribution in [-0.2, 0) is 9.59 Å². The zero-order valence-electron chi connectivity index (χ0n) is 9.99. The first kappa shape index (κ1) is 11.8. The molecule has 7 nitrogen and oxygen atoms in total. The van der Waals surface area contributed by atoms with Crippen LogP contribution in [-0.4, -0.2) is 40.1 Å². The Bertz CT molecular complexity index is 689. The molecule has 1 aliphatic heterocycles. The number of hydrogen-bond donors (Lipinski definition) is 1. The van der Waals surface area contributed by atoms with Crippen molar-refractivity contribution in [2.75, 3.05) is 11.4 Å². The number of thiazole rings is 1. The molecule has 8 heteroatoms. The Morgan fingerprint density at radius 3 is 3.05 bits per heavy atom. The highest BCUT2D eigenvalue weighted by Gasteiger charge is 2.33. The molecule has 0 aliphatic carbocycles. The van der Waals surface area contributed by atoms with E-state index in [-0.39, 0.29) is 12.5 Å². The van der Waals surface area contributed by atoms with E-state index in [1.807, 2.05) is 5.38 Å². The number of aromatic nitrogens is 2. The lowest BCUT2D eigenvalue weighted by Crippen LogP contribution is -2.57. The van der Waals surface area contributed by atoms with Gasteiger partial charge in [-0.2, -0.15) is 0 Å². The molecule has 0 bridgehead atoms. The summed E-state index contributed by atoms with van der Waals surface area (Å²) in [6.45, 7) is 1.68. The first-order chi connectivity index (χ1) is 9.11. The first-order valence-corrected chi connectivity index (χ1v) is 6.51. The van der Waals surface area contributed by atoms with Crippen LogP contribution in [0.5, 0.6) is 0 Å². The highest BCUT2D eigenvalue weighted by atomic mass is 32.1. The van der Waals surface area contributed by atoms with Crippen molar-refractivity contribution in [1.29, 1.82) is 0 Å². The number of carbonyl (C=O) groups excluding carboxylic acids is 3. The summed E-state index contributed by atoms with van der Waals surface area (Å²) in [5.74, 6) is -0.404. The zero-order valence-corrected chi connectivity index (χ0v) is 10.8. The van der Waals surface area contributed by atoms with Crippen molar-refractivity contribution in [3.63, 3.8) is 0 Å². The molecule has 0 aromatic carbocycles. The Morgan fingerprint density at radius 2 is 2.32 bits per heavy atom. The van der Waals surface area contributed by atoms with Crippen molar-refractivity contribution in [2.45, 2.75) is 13.0 Å². The van der Waals surface area contributed by atoms with Gasteiger partial charge >= 0.3 is 0 Å². The highest BCUT2D eigenvalue weighted by Crippen LogP contribution is 2.25. The molecule has 1 atom stereocenters. The zero-order chi connectivity index (χ0) is 13.6. The number of nitrogens with one attached hydrogen (secondary N) is 1. The Morgan fingerprint density at radius 1 is 1.53 bits per heavy atom. The predicted octanol–water partition coefficient (Wildman–Crippen LogP) is 0.0596. The van der Waals surface area contributed by atoms with E-state index in [2.05, 4.69) is 10.3 Å². The molecule has 0 spiro atoms. The number of imide groups is 1. The molecule has 2 aromatic rings. The minimum atomic E-state index is -0.541. The standard InChI is InChI=1S/C11H10N4O3S/c1-6-10(18)12-8(17)4-15(6)9-7(5-16)14-2-3-19-11(14)13-9/h2-3,5-6H,4H2,1H3,(H,12,17,18). The molecule has 1 N–H and O–H groups in total. The van der Waals surface area contributed by atoms with Gasteiger partial charge in [-0.1, -0.05) is 0 Å². The Hall–Kier alpha value is -2.22. The van der Waals surface area contributed by atoms with Crippen LogP contribution in [0.4, 0.5) is 5.82 Å². The van der Waals surface area contributed by atoms with Crippen molar-refractivity contribution >= 4 is 40.2 Å². The van der Waals surface area contributed by atoms with Crippen LogP contribution in [0, 0.1) is 0 Å². The third kappa shape index (κ3) is 1.72. The molecule has 2 amide bonds. The average Bonchev–Trinajstić information content (AvgIpc) is 2.93. The number of anilines is 1. The van der Waals surface area contributed by atoms with E-state index < -0.39 is 11.9 Å². The number of aldehydes is 1. The number of carbonyl (C=O) groups is 3. The topological polar surface area (TPSA) is 83.8 Å². The molecule has 2 aromatic heterocycles. The summed E-state index contributed by atoms with van der Waals surface area (Å²) in [4.78, 5) is 40.9. The smallest absolute Gasteiger partial charge is 0.249 e. The van der Waals surface area contributed by atoms with Crippen LogP contribution < -0.4 is 10.2 Å². The lowest BCUT2D eigenvalue weighted by Gasteiger charge is -2.31. The van der Waals surface area contributed by atoms with Crippen molar-refractivity contribution < 1.29 is 14.4 Å². The molecule has 0 radical (unpaired) electrons. The third-order valence-electron chi connectivity index (χ3n) is 3.09. The second-order valence-corrected chi connectivity index (χ2v) is 5.08. The van der Waals surface area contributed by atoms with Gasteiger partial charge in [0.2, 0.25) is 11.8 Å². The SMILES string of the molecule is CC1C(=O)NC(=O)CN1c1nc2sccn2c1C=O. The van der Waals surface area contributed by atoms with Gasteiger partial charge in [-0.15, -0.1) is 11.3 Å². The quantitative estimate of drug-likeness (QED) is 0.620. The largest absolute Gasteiger partial charge is 0.334 e. The molecule has 3 rings (SSSR count).